The molecule has 0 saturated carbocycles. The zero-order chi connectivity index (χ0) is 15.7. The Hall–Kier alpha value is -2.78. The molecule has 2 nitrogen and oxygen atoms in total. The number of benzene rings is 1. The van der Waals surface area contributed by atoms with Gasteiger partial charge in [0.1, 0.15) is 11.9 Å². The Morgan fingerprint density at radius 2 is 2.29 bits per heavy atom. The summed E-state index contributed by atoms with van der Waals surface area (Å²) in [5, 5.41) is 18.3. The number of phenols is 1. The third kappa shape index (κ3) is 5.80. The van der Waals surface area contributed by atoms with E-state index >= 15 is 0 Å². The van der Waals surface area contributed by atoms with Gasteiger partial charge in [0.25, 0.3) is 0 Å². The molecule has 0 bridgehead atoms. The molecule has 1 rings (SSSR count). The lowest BCUT2D eigenvalue weighted by atomic mass is 10.1. The number of halogens is 1. The van der Waals surface area contributed by atoms with Crippen molar-refractivity contribution in [3.05, 3.63) is 65.8 Å². The minimum absolute atomic E-state index is 0.114. The van der Waals surface area contributed by atoms with Crippen molar-refractivity contribution < 1.29 is 9.50 Å². The van der Waals surface area contributed by atoms with Crippen LogP contribution in [0.15, 0.2) is 60.2 Å². The van der Waals surface area contributed by atoms with Gasteiger partial charge in [0, 0.05) is 16.7 Å². The molecule has 0 spiro atoms. The topological polar surface area (TPSA) is 44.0 Å². The van der Waals surface area contributed by atoms with Gasteiger partial charge in [-0.15, -0.1) is 0 Å². The maximum absolute atomic E-state index is 13.4. The second-order valence-electron chi connectivity index (χ2n) is 4.24. The van der Waals surface area contributed by atoms with Crippen molar-refractivity contribution in [1.82, 2.24) is 0 Å². The zero-order valence-corrected chi connectivity index (χ0v) is 11.8. The summed E-state index contributed by atoms with van der Waals surface area (Å²) < 4.78 is 13.4. The first-order chi connectivity index (χ1) is 10.1. The molecule has 0 radical (unpaired) electrons. The molecule has 1 N–H and O–H groups in total. The molecular formula is C18H16FNO. The van der Waals surface area contributed by atoms with Crippen molar-refractivity contribution in [2.24, 2.45) is 0 Å². The summed E-state index contributed by atoms with van der Waals surface area (Å²) in [6, 6.07) is 8.51. The molecule has 0 aliphatic rings. The van der Waals surface area contributed by atoms with Crippen LogP contribution in [0.25, 0.3) is 0 Å². The second kappa shape index (κ2) is 8.40. The van der Waals surface area contributed by atoms with Crippen LogP contribution in [-0.4, -0.2) is 11.3 Å². The van der Waals surface area contributed by atoms with E-state index in [-0.39, 0.29) is 5.75 Å². The average Bonchev–Trinajstić information content (AvgIpc) is 2.49. The highest BCUT2D eigenvalue weighted by molar-refractivity contribution is 5.49. The molecule has 0 aromatic heterocycles. The fraction of sp³-hybridized carbons (Fsp3) is 0.167. The van der Waals surface area contributed by atoms with Crippen molar-refractivity contribution in [2.45, 2.75) is 19.5 Å². The Balaban J connectivity index is 3.16. The number of aromatic hydroxyl groups is 1. The van der Waals surface area contributed by atoms with Crippen LogP contribution in [0.4, 0.5) is 4.39 Å². The van der Waals surface area contributed by atoms with Crippen molar-refractivity contribution in [3.8, 4) is 23.7 Å². The Morgan fingerprint density at radius 3 is 2.86 bits per heavy atom. The van der Waals surface area contributed by atoms with E-state index in [1.165, 1.54) is 12.1 Å². The van der Waals surface area contributed by atoms with Crippen LogP contribution in [0.1, 0.15) is 18.9 Å². The van der Waals surface area contributed by atoms with Crippen molar-refractivity contribution in [1.29, 1.82) is 5.26 Å². The van der Waals surface area contributed by atoms with Crippen LogP contribution in [0.2, 0.25) is 0 Å². The SMILES string of the molecule is C=CC(F)/C=C(C#Cc1cccc(O)c1)\C=C(\C#N)CC. The first kappa shape index (κ1) is 16.3. The fourth-order valence-corrected chi connectivity index (χ4v) is 1.49. The first-order valence-electron chi connectivity index (χ1n) is 6.49. The minimum Gasteiger partial charge on any atom is -0.508 e. The van der Waals surface area contributed by atoms with E-state index in [9.17, 15) is 9.50 Å². The number of nitriles is 1. The van der Waals surface area contributed by atoms with E-state index in [0.29, 0.717) is 23.1 Å². The monoisotopic (exact) mass is 281 g/mol. The zero-order valence-electron chi connectivity index (χ0n) is 11.8. The van der Waals surface area contributed by atoms with Gasteiger partial charge in [-0.1, -0.05) is 37.5 Å². The van der Waals surface area contributed by atoms with Gasteiger partial charge < -0.3 is 5.11 Å². The molecule has 0 aliphatic carbocycles. The number of hydrogen-bond acceptors (Lipinski definition) is 2. The van der Waals surface area contributed by atoms with Gasteiger partial charge >= 0.3 is 0 Å². The van der Waals surface area contributed by atoms with Crippen LogP contribution in [-0.2, 0) is 0 Å². The van der Waals surface area contributed by atoms with Crippen molar-refractivity contribution in [2.75, 3.05) is 0 Å². The third-order valence-electron chi connectivity index (χ3n) is 2.62. The number of alkyl halides is 1. The molecule has 0 saturated heterocycles. The number of allylic oxidation sites excluding steroid dienone is 5. The maximum atomic E-state index is 13.4. The number of hydrogen-bond donors (Lipinski definition) is 1. The van der Waals surface area contributed by atoms with Crippen LogP contribution in [0, 0.1) is 23.2 Å². The number of phenolic OH excluding ortho intramolecular Hbond substituents is 1. The predicted molar refractivity (Wildman–Crippen MR) is 82.1 cm³/mol. The van der Waals surface area contributed by atoms with Gasteiger partial charge in [0.15, 0.2) is 0 Å². The van der Waals surface area contributed by atoms with E-state index in [1.807, 2.05) is 13.0 Å². The summed E-state index contributed by atoms with van der Waals surface area (Å²) in [4.78, 5) is 0. The van der Waals surface area contributed by atoms with Crippen molar-refractivity contribution >= 4 is 0 Å². The summed E-state index contributed by atoms with van der Waals surface area (Å²) in [7, 11) is 0. The molecule has 0 heterocycles. The van der Waals surface area contributed by atoms with Crippen LogP contribution in [0.3, 0.4) is 0 Å². The molecule has 0 amide bonds. The lowest BCUT2D eigenvalue weighted by Crippen LogP contribution is -1.90. The summed E-state index contributed by atoms with van der Waals surface area (Å²) in [5.74, 6) is 5.76. The Morgan fingerprint density at radius 1 is 1.52 bits per heavy atom. The average molecular weight is 281 g/mol. The molecule has 0 fully saturated rings. The fourth-order valence-electron chi connectivity index (χ4n) is 1.49. The predicted octanol–water partition coefficient (Wildman–Crippen LogP) is 4.05. The standard InChI is InChI=1S/C18H16FNO/c1-3-14(13-20)10-16(11-17(19)4-2)9-8-15-6-5-7-18(21)12-15/h4-7,10-12,17,21H,2-3H2,1H3/b14-10+,16-11-. The lowest BCUT2D eigenvalue weighted by molar-refractivity contribution is 0.469. The van der Waals surface area contributed by atoms with Gasteiger partial charge in [0.05, 0.1) is 6.07 Å². The molecule has 1 aromatic carbocycles. The van der Waals surface area contributed by atoms with E-state index in [0.717, 1.165) is 6.08 Å². The summed E-state index contributed by atoms with van der Waals surface area (Å²) in [5.41, 5.74) is 1.53. The first-order valence-corrected chi connectivity index (χ1v) is 6.49. The maximum Gasteiger partial charge on any atom is 0.138 e. The number of nitrogens with zero attached hydrogens (tertiary/aromatic N) is 1. The highest BCUT2D eigenvalue weighted by atomic mass is 19.1. The second-order valence-corrected chi connectivity index (χ2v) is 4.24. The molecule has 1 atom stereocenters. The quantitative estimate of drug-likeness (QED) is 0.391. The molecule has 1 unspecified atom stereocenters. The molecule has 21 heavy (non-hydrogen) atoms. The Bertz CT molecular complexity index is 668. The Labute approximate surface area is 124 Å². The highest BCUT2D eigenvalue weighted by Crippen LogP contribution is 2.11. The normalized spacial score (nSPS) is 12.8. The number of rotatable bonds is 4. The Kier molecular flexibility index (Phi) is 6.51. The molecule has 1 aromatic rings. The minimum atomic E-state index is -1.33. The summed E-state index contributed by atoms with van der Waals surface area (Å²) in [6.07, 6.45) is 3.24. The molecular weight excluding hydrogens is 265 g/mol. The highest BCUT2D eigenvalue weighted by Gasteiger charge is 1.99. The molecule has 3 heteroatoms. The van der Waals surface area contributed by atoms with Gasteiger partial charge in [-0.05, 0) is 36.8 Å². The summed E-state index contributed by atoms with van der Waals surface area (Å²) in [6.45, 7) is 5.22. The van der Waals surface area contributed by atoms with Crippen LogP contribution >= 0.6 is 0 Å². The largest absolute Gasteiger partial charge is 0.508 e. The van der Waals surface area contributed by atoms with Crippen LogP contribution < -0.4 is 0 Å². The van der Waals surface area contributed by atoms with Crippen molar-refractivity contribution in [3.63, 3.8) is 0 Å². The van der Waals surface area contributed by atoms with Gasteiger partial charge in [-0.3, -0.25) is 0 Å². The lowest BCUT2D eigenvalue weighted by Gasteiger charge is -1.97. The van der Waals surface area contributed by atoms with Gasteiger partial charge in [-0.2, -0.15) is 5.26 Å². The van der Waals surface area contributed by atoms with E-state index in [1.54, 1.807) is 24.3 Å². The van der Waals surface area contributed by atoms with E-state index in [4.69, 9.17) is 5.26 Å². The van der Waals surface area contributed by atoms with Gasteiger partial charge in [0.2, 0.25) is 0 Å². The van der Waals surface area contributed by atoms with E-state index < -0.39 is 6.17 Å². The van der Waals surface area contributed by atoms with E-state index in [2.05, 4.69) is 18.4 Å². The molecule has 106 valence electrons. The van der Waals surface area contributed by atoms with Gasteiger partial charge in [-0.25, -0.2) is 4.39 Å². The summed E-state index contributed by atoms with van der Waals surface area (Å²) >= 11 is 0. The smallest absolute Gasteiger partial charge is 0.138 e. The molecule has 0 aliphatic heterocycles. The third-order valence-corrected chi connectivity index (χ3v) is 2.62. The van der Waals surface area contributed by atoms with Crippen LogP contribution in [0.5, 0.6) is 5.75 Å².